The molecule has 14 heteroatoms. The molecule has 13 atom stereocenters. The van der Waals surface area contributed by atoms with Gasteiger partial charge in [-0.25, -0.2) is 4.79 Å². The first-order chi connectivity index (χ1) is 29.0. The van der Waals surface area contributed by atoms with Crippen LogP contribution in [0.4, 0.5) is 4.79 Å². The largest absolute Gasteiger partial charge is 0.458 e. The van der Waals surface area contributed by atoms with Crippen LogP contribution >= 0.6 is 11.3 Å². The van der Waals surface area contributed by atoms with Gasteiger partial charge in [0, 0.05) is 48.1 Å². The summed E-state index contributed by atoms with van der Waals surface area (Å²) in [6.45, 7) is 17.2. The third-order valence-electron chi connectivity index (χ3n) is 13.2. The lowest BCUT2D eigenvalue weighted by molar-refractivity contribution is -0.296. The molecule has 0 aliphatic carbocycles. The molecular formula is C47H66N4O9S. The Balaban J connectivity index is 1.35. The normalized spacial score (nSPS) is 36.0. The highest BCUT2D eigenvalue weighted by Gasteiger charge is 2.60. The Morgan fingerprint density at radius 2 is 1.77 bits per heavy atom. The monoisotopic (exact) mass is 862 g/mol. The van der Waals surface area contributed by atoms with Gasteiger partial charge in [-0.05, 0) is 84.7 Å². The number of hydrogen-bond acceptors (Lipinski definition) is 13. The van der Waals surface area contributed by atoms with Gasteiger partial charge in [0.1, 0.15) is 24.7 Å². The van der Waals surface area contributed by atoms with Crippen molar-refractivity contribution in [1.29, 1.82) is 0 Å². The maximum absolute atomic E-state index is 14.6. The number of aliphatic hydroxyl groups is 1. The van der Waals surface area contributed by atoms with Crippen molar-refractivity contribution in [2.24, 2.45) is 28.7 Å². The van der Waals surface area contributed by atoms with Crippen molar-refractivity contribution in [3.63, 3.8) is 0 Å². The van der Waals surface area contributed by atoms with E-state index in [9.17, 15) is 19.5 Å². The molecule has 61 heavy (non-hydrogen) atoms. The molecule has 3 saturated heterocycles. The molecule has 13 nitrogen and oxygen atoms in total. The molecule has 4 aliphatic heterocycles. The Labute approximate surface area is 365 Å². The van der Waals surface area contributed by atoms with Gasteiger partial charge in [0.2, 0.25) is 0 Å². The van der Waals surface area contributed by atoms with Crippen molar-refractivity contribution in [2.75, 3.05) is 33.8 Å². The van der Waals surface area contributed by atoms with Gasteiger partial charge in [0.15, 0.2) is 17.7 Å². The number of amides is 1. The van der Waals surface area contributed by atoms with E-state index in [-0.39, 0.29) is 30.6 Å². The van der Waals surface area contributed by atoms with Gasteiger partial charge in [-0.1, -0.05) is 69.9 Å². The number of aliphatic hydroxyl groups excluding tert-OH is 1. The minimum atomic E-state index is -1.23. The first-order valence-electron chi connectivity index (χ1n) is 21.9. The maximum atomic E-state index is 14.6. The predicted octanol–water partition coefficient (Wildman–Crippen LogP) is 5.85. The first-order valence-corrected chi connectivity index (χ1v) is 22.7. The van der Waals surface area contributed by atoms with Crippen molar-refractivity contribution in [3.8, 4) is 11.8 Å². The molecule has 3 fully saturated rings. The van der Waals surface area contributed by atoms with Crippen molar-refractivity contribution in [3.05, 3.63) is 57.8 Å². The fourth-order valence-corrected chi connectivity index (χ4v) is 10.9. The van der Waals surface area contributed by atoms with E-state index in [1.807, 2.05) is 77.9 Å². The molecule has 0 radical (unpaired) electrons. The summed E-state index contributed by atoms with van der Waals surface area (Å²) >= 11 is 1.61. The van der Waals surface area contributed by atoms with Gasteiger partial charge in [-0.2, -0.15) is 0 Å². The summed E-state index contributed by atoms with van der Waals surface area (Å²) in [5.74, 6) is 2.72. The Bertz CT molecular complexity index is 1950. The van der Waals surface area contributed by atoms with E-state index in [1.165, 1.54) is 5.56 Å². The summed E-state index contributed by atoms with van der Waals surface area (Å²) in [4.78, 5) is 53.0. The minimum Gasteiger partial charge on any atom is -0.458 e. The number of cyclic esters (lactones) is 1. The number of nitrogens with one attached hydrogen (secondary N) is 1. The van der Waals surface area contributed by atoms with Crippen LogP contribution in [0.15, 0.2) is 47.5 Å². The standard InChI is InChI=1S/C47H66N4O9S/c1-11-37-47(8)41-30(4)38(49-21-22-51(41)45(55)60-47)28(2)25-46(7,56-23-15-18-34-19-20-35(61-34)27-48-26-33-16-13-12-14-17-33)42(31(5)39(52)32(6)43(54)58-37)59-44-40(53)36(50(9)10)24-29(3)57-44/h12-14,16-17,19-20,28-32,36-37,40-42,44,48,53H,11,21-27H2,1-10H3/t28-,29-,30-,31+,32-,36+,37+,40-,41-,42-,44+,46+,47-/m1/s1. The molecule has 0 spiro atoms. The summed E-state index contributed by atoms with van der Waals surface area (Å²) in [6, 6.07) is 13.6. The highest BCUT2D eigenvalue weighted by atomic mass is 32.1. The van der Waals surface area contributed by atoms with Crippen LogP contribution in [0.1, 0.15) is 90.0 Å². The van der Waals surface area contributed by atoms with Crippen LogP contribution in [0.5, 0.6) is 0 Å². The third-order valence-corrected chi connectivity index (χ3v) is 14.2. The van der Waals surface area contributed by atoms with E-state index >= 15 is 0 Å². The minimum absolute atomic E-state index is 0.00288. The lowest BCUT2D eigenvalue weighted by atomic mass is 9.73. The highest BCUT2D eigenvalue weighted by Crippen LogP contribution is 2.44. The number of fused-ring (bicyclic) bond motifs is 1. The molecule has 0 unspecified atom stereocenters. The van der Waals surface area contributed by atoms with E-state index in [0.29, 0.717) is 38.9 Å². The molecule has 334 valence electrons. The summed E-state index contributed by atoms with van der Waals surface area (Å²) in [6.07, 6.45) is -3.41. The topological polar surface area (TPSA) is 148 Å². The van der Waals surface area contributed by atoms with Crippen LogP contribution in [0, 0.1) is 35.5 Å². The zero-order valence-corrected chi connectivity index (χ0v) is 38.3. The average molecular weight is 863 g/mol. The summed E-state index contributed by atoms with van der Waals surface area (Å²) < 4.78 is 32.4. The SMILES string of the molecule is CC[C@@H]1OC(=O)[C@H](C)C(=O)[C@H](C)[C@@H](O[C@@H]2O[C@H](C)C[C@H](N(C)C)[C@H]2O)[C@@](C)(OCC#Cc2ccc(CNCc3ccccc3)s2)C[C@@H](C)C2=NCCN3C(=O)O[C@@]1(C)[C@H]3[C@@H]2C. The Morgan fingerprint density at radius 1 is 1.03 bits per heavy atom. The van der Waals surface area contributed by atoms with Crippen molar-refractivity contribution < 1.29 is 43.2 Å². The molecule has 0 saturated carbocycles. The summed E-state index contributed by atoms with van der Waals surface area (Å²) in [5.41, 5.74) is -0.347. The second-order valence-corrected chi connectivity index (χ2v) is 19.2. The molecule has 2 N–H and O–H groups in total. The molecule has 2 bridgehead atoms. The number of nitrogens with zero attached hydrogens (tertiary/aromatic N) is 3. The zero-order chi connectivity index (χ0) is 44.2. The number of carbonyl (C=O) groups excluding carboxylic acids is 3. The smallest absolute Gasteiger partial charge is 0.410 e. The summed E-state index contributed by atoms with van der Waals surface area (Å²) in [5, 5.41) is 15.2. The molecule has 1 aromatic carbocycles. The molecule has 1 amide bonds. The number of rotatable bonds is 10. The van der Waals surface area contributed by atoms with Crippen molar-refractivity contribution in [2.45, 2.75) is 142 Å². The number of thiophene rings is 1. The number of carbonyl (C=O) groups is 3. The van der Waals surface area contributed by atoms with Crippen LogP contribution in [-0.2, 0) is 46.4 Å². The zero-order valence-electron chi connectivity index (χ0n) is 37.5. The van der Waals surface area contributed by atoms with Crippen molar-refractivity contribution in [1.82, 2.24) is 15.1 Å². The number of hydrogen-bond donors (Lipinski definition) is 2. The van der Waals surface area contributed by atoms with Gasteiger partial charge in [0.25, 0.3) is 0 Å². The van der Waals surface area contributed by atoms with Gasteiger partial charge in [-0.3, -0.25) is 19.5 Å². The van der Waals surface area contributed by atoms with E-state index in [2.05, 4.69) is 42.3 Å². The lowest BCUT2D eigenvalue weighted by Crippen LogP contribution is -2.60. The van der Waals surface area contributed by atoms with Gasteiger partial charge >= 0.3 is 12.1 Å². The van der Waals surface area contributed by atoms with E-state index in [1.54, 1.807) is 30.1 Å². The van der Waals surface area contributed by atoms with E-state index < -0.39 is 71.5 Å². The number of likely N-dealkylation sites (N-methyl/N-ethyl adjacent to an activating group) is 1. The Morgan fingerprint density at radius 3 is 2.48 bits per heavy atom. The predicted molar refractivity (Wildman–Crippen MR) is 234 cm³/mol. The van der Waals surface area contributed by atoms with E-state index in [0.717, 1.165) is 22.0 Å². The van der Waals surface area contributed by atoms with Gasteiger partial charge in [0.05, 0.1) is 35.3 Å². The molecular weight excluding hydrogens is 797 g/mol. The number of esters is 1. The van der Waals surface area contributed by atoms with Gasteiger partial charge < -0.3 is 39.0 Å². The Kier molecular flexibility index (Phi) is 15.2. The molecule has 1 aromatic heterocycles. The quantitative estimate of drug-likeness (QED) is 0.169. The van der Waals surface area contributed by atoms with Crippen LogP contribution in [-0.4, -0.2) is 126 Å². The number of Topliss-reactive ketones (excluding diaryl/α,β-unsaturated/α-hetero) is 1. The Hall–Kier alpha value is -3.68. The molecule has 5 heterocycles. The fraction of sp³-hybridized carbons (Fsp3) is 0.660. The maximum Gasteiger partial charge on any atom is 0.410 e. The first kappa shape index (κ1) is 46.8. The van der Waals surface area contributed by atoms with Crippen LogP contribution < -0.4 is 5.32 Å². The molecule has 4 aliphatic rings. The van der Waals surface area contributed by atoms with E-state index in [4.69, 9.17) is 28.7 Å². The van der Waals surface area contributed by atoms with Gasteiger partial charge in [-0.15, -0.1) is 11.3 Å². The average Bonchev–Trinajstić information content (AvgIpc) is 3.72. The summed E-state index contributed by atoms with van der Waals surface area (Å²) in [7, 11) is 3.81. The number of benzene rings is 1. The highest BCUT2D eigenvalue weighted by molar-refractivity contribution is 7.12. The second-order valence-electron chi connectivity index (χ2n) is 18.0. The second kappa shape index (κ2) is 19.8. The third kappa shape index (κ3) is 10.3. The molecule has 2 aromatic rings. The molecule has 6 rings (SSSR count). The van der Waals surface area contributed by atoms with Crippen molar-refractivity contribution >= 4 is 34.9 Å². The number of ketones is 1. The van der Waals surface area contributed by atoms with Crippen LogP contribution in [0.2, 0.25) is 0 Å². The number of aliphatic imine (C=N–C) groups is 1. The number of ether oxygens (including phenoxy) is 5. The lowest BCUT2D eigenvalue weighted by Gasteiger charge is -2.47. The fourth-order valence-electron chi connectivity index (χ4n) is 10.0. The van der Waals surface area contributed by atoms with Crippen LogP contribution in [0.3, 0.4) is 0 Å². The van der Waals surface area contributed by atoms with Crippen LogP contribution in [0.25, 0.3) is 0 Å².